The highest BCUT2D eigenvalue weighted by Gasteiger charge is 2.72. The van der Waals surface area contributed by atoms with E-state index >= 15 is 0 Å². The van der Waals surface area contributed by atoms with Crippen molar-refractivity contribution in [3.63, 3.8) is 0 Å². The van der Waals surface area contributed by atoms with Crippen LogP contribution in [0.2, 0.25) is 0 Å². The number of carboxylic acid groups (broad SMARTS) is 2. The number of esters is 1. The lowest BCUT2D eigenvalue weighted by molar-refractivity contribution is -0.249. The summed E-state index contributed by atoms with van der Waals surface area (Å²) in [4.78, 5) is 51.5. The van der Waals surface area contributed by atoms with Crippen molar-refractivity contribution in [2.24, 2.45) is 68.0 Å². The third-order valence-electron chi connectivity index (χ3n) is 16.2. The van der Waals surface area contributed by atoms with Gasteiger partial charge in [-0.15, -0.1) is 0 Å². The topological polar surface area (TPSA) is 130 Å². The van der Waals surface area contributed by atoms with Crippen LogP contribution in [0.15, 0.2) is 12.2 Å². The summed E-state index contributed by atoms with van der Waals surface area (Å²) in [5.74, 6) is -0.658. The fourth-order valence-electron chi connectivity index (χ4n) is 13.4. The van der Waals surface area contributed by atoms with E-state index in [1.807, 2.05) is 13.8 Å². The zero-order valence-corrected chi connectivity index (χ0v) is 32.7. The number of hydrogen-bond donors (Lipinski definition) is 3. The van der Waals surface area contributed by atoms with E-state index in [0.717, 1.165) is 69.8 Å². The third-order valence-corrected chi connectivity index (χ3v) is 16.2. The zero-order chi connectivity index (χ0) is 37.4. The zero-order valence-electron chi connectivity index (χ0n) is 32.7. The van der Waals surface area contributed by atoms with Crippen LogP contribution in [-0.2, 0) is 23.9 Å². The molecular formula is C42H67NO7. The minimum Gasteiger partial charge on any atom is -0.481 e. The first-order valence-corrected chi connectivity index (χ1v) is 19.6. The highest BCUT2D eigenvalue weighted by atomic mass is 16.5. The number of carboxylic acids is 2. The molecule has 282 valence electrons. The summed E-state index contributed by atoms with van der Waals surface area (Å²) < 4.78 is 6.15. The molecule has 5 fully saturated rings. The maximum absolute atomic E-state index is 14.5. The Morgan fingerprint density at radius 2 is 1.52 bits per heavy atom. The molecule has 5 aliphatic rings. The highest BCUT2D eigenvalue weighted by molar-refractivity contribution is 5.88. The van der Waals surface area contributed by atoms with Crippen LogP contribution in [0.1, 0.15) is 146 Å². The number of hydrogen-bond acceptors (Lipinski definition) is 5. The van der Waals surface area contributed by atoms with Crippen LogP contribution >= 0.6 is 0 Å². The lowest BCUT2D eigenvalue weighted by atomic mass is 9.32. The summed E-state index contributed by atoms with van der Waals surface area (Å²) in [6.45, 7) is 25.8. The number of rotatable bonds is 10. The first kappa shape index (κ1) is 38.8. The summed E-state index contributed by atoms with van der Waals surface area (Å²) in [7, 11) is 0. The molecule has 0 spiro atoms. The lowest BCUT2D eigenvalue weighted by Crippen LogP contribution is -2.67. The fourth-order valence-corrected chi connectivity index (χ4v) is 13.4. The molecule has 0 aliphatic heterocycles. The van der Waals surface area contributed by atoms with E-state index < -0.39 is 34.8 Å². The molecule has 3 N–H and O–H groups in total. The molecule has 0 heterocycles. The number of carbonyl (C=O) groups is 4. The highest BCUT2D eigenvalue weighted by Crippen LogP contribution is 2.77. The Kier molecular flexibility index (Phi) is 10.0. The number of ether oxygens (including phenoxy) is 1. The predicted molar refractivity (Wildman–Crippen MR) is 194 cm³/mol. The number of aliphatic carboxylic acids is 2. The molecule has 5 rings (SSSR count). The largest absolute Gasteiger partial charge is 0.481 e. The summed E-state index contributed by atoms with van der Waals surface area (Å²) in [6, 6.07) is -0.875. The van der Waals surface area contributed by atoms with Gasteiger partial charge in [-0.05, 0) is 143 Å². The van der Waals surface area contributed by atoms with E-state index in [1.165, 1.54) is 0 Å². The SMILES string of the molecule is C=C(C)[C@@H]1CC[C@]2(C(=O)N[C@H](CC(C)C)C(=O)O)CC[C@]3(C)[C@H](CC[C@@H]4[C@@]5(C)CC[C@H](OC(=O)CC(C)(C)C(=O)O)C(C)(C)[C@@H]5CC[C@]43C)[C@@H]12. The molecule has 8 heteroatoms. The van der Waals surface area contributed by atoms with Crippen molar-refractivity contribution >= 4 is 23.8 Å². The van der Waals surface area contributed by atoms with Gasteiger partial charge >= 0.3 is 17.9 Å². The Labute approximate surface area is 301 Å². The molecule has 0 aromatic heterocycles. The van der Waals surface area contributed by atoms with E-state index in [9.17, 15) is 29.4 Å². The van der Waals surface area contributed by atoms with Gasteiger partial charge in [-0.3, -0.25) is 14.4 Å². The molecule has 1 amide bonds. The van der Waals surface area contributed by atoms with E-state index in [-0.39, 0.29) is 57.8 Å². The van der Waals surface area contributed by atoms with Gasteiger partial charge in [0.25, 0.3) is 0 Å². The molecule has 5 saturated carbocycles. The van der Waals surface area contributed by atoms with Crippen LogP contribution in [0.3, 0.4) is 0 Å². The van der Waals surface area contributed by atoms with Gasteiger partial charge in [0.1, 0.15) is 12.1 Å². The minimum absolute atomic E-state index is 0.0242. The quantitative estimate of drug-likeness (QED) is 0.154. The predicted octanol–water partition coefficient (Wildman–Crippen LogP) is 8.67. The smallest absolute Gasteiger partial charge is 0.326 e. The summed E-state index contributed by atoms with van der Waals surface area (Å²) in [5, 5.41) is 22.7. The van der Waals surface area contributed by atoms with Gasteiger partial charge in [0.15, 0.2) is 0 Å². The molecule has 0 saturated heterocycles. The molecule has 0 aromatic rings. The second-order valence-electron chi connectivity index (χ2n) is 20.0. The first-order valence-electron chi connectivity index (χ1n) is 19.6. The van der Waals surface area contributed by atoms with Crippen LogP contribution in [0.5, 0.6) is 0 Å². The molecule has 0 radical (unpaired) electrons. The second kappa shape index (κ2) is 12.9. The van der Waals surface area contributed by atoms with Crippen LogP contribution < -0.4 is 5.32 Å². The Morgan fingerprint density at radius 3 is 2.10 bits per heavy atom. The third kappa shape index (κ3) is 5.94. The van der Waals surface area contributed by atoms with Crippen LogP contribution in [0.25, 0.3) is 0 Å². The van der Waals surface area contributed by atoms with Gasteiger partial charge in [-0.2, -0.15) is 0 Å². The summed E-state index contributed by atoms with van der Waals surface area (Å²) >= 11 is 0. The van der Waals surface area contributed by atoms with E-state index in [4.69, 9.17) is 4.74 Å². The molecule has 0 aromatic carbocycles. The van der Waals surface area contributed by atoms with Gasteiger partial charge in [0.05, 0.1) is 17.3 Å². The Bertz CT molecular complexity index is 1400. The minimum atomic E-state index is -1.17. The number of allylic oxidation sites excluding steroid dienone is 1. The summed E-state index contributed by atoms with van der Waals surface area (Å²) in [5.41, 5.74) is -0.680. The van der Waals surface area contributed by atoms with E-state index in [0.29, 0.717) is 24.2 Å². The van der Waals surface area contributed by atoms with Crippen molar-refractivity contribution in [1.82, 2.24) is 5.32 Å². The molecule has 0 bridgehead atoms. The molecule has 11 atom stereocenters. The van der Waals surface area contributed by atoms with Gasteiger partial charge in [-0.1, -0.05) is 60.6 Å². The van der Waals surface area contributed by atoms with Gasteiger partial charge in [0, 0.05) is 5.41 Å². The van der Waals surface area contributed by atoms with Gasteiger partial charge in [0.2, 0.25) is 5.91 Å². The van der Waals surface area contributed by atoms with E-state index in [1.54, 1.807) is 13.8 Å². The van der Waals surface area contributed by atoms with Crippen molar-refractivity contribution < 1.29 is 34.1 Å². The van der Waals surface area contributed by atoms with Crippen LogP contribution in [0, 0.1) is 68.0 Å². The van der Waals surface area contributed by atoms with Gasteiger partial charge in [-0.25, -0.2) is 4.79 Å². The Balaban J connectivity index is 1.42. The maximum Gasteiger partial charge on any atom is 0.326 e. The van der Waals surface area contributed by atoms with Crippen molar-refractivity contribution in [3.05, 3.63) is 12.2 Å². The van der Waals surface area contributed by atoms with Gasteiger partial charge < -0.3 is 20.3 Å². The number of nitrogens with one attached hydrogen (secondary N) is 1. The van der Waals surface area contributed by atoms with Crippen molar-refractivity contribution in [3.8, 4) is 0 Å². The number of fused-ring (bicyclic) bond motifs is 7. The number of amides is 1. The fraction of sp³-hybridized carbons (Fsp3) is 0.857. The molecule has 0 unspecified atom stereocenters. The monoisotopic (exact) mass is 697 g/mol. The Morgan fingerprint density at radius 1 is 0.860 bits per heavy atom. The molecule has 50 heavy (non-hydrogen) atoms. The number of carbonyl (C=O) groups excluding carboxylic acids is 2. The average molecular weight is 698 g/mol. The van der Waals surface area contributed by atoms with Crippen molar-refractivity contribution in [2.45, 2.75) is 158 Å². The molecular weight excluding hydrogens is 630 g/mol. The average Bonchev–Trinajstić information content (AvgIpc) is 3.39. The Hall–Kier alpha value is -2.38. The standard InChI is InChI=1S/C42H67NO7/c1-24(2)22-28(34(45)46)43-35(47)42-19-14-26(25(3)4)33(42)27-12-13-30-39(9)17-16-31(50-32(44)23-37(5,6)36(48)49)38(7,8)29(39)15-18-41(30,11)40(27,10)20-21-42/h24,26-31,33H,3,12-23H2,1-2,4-11H3,(H,43,47)(H,45,46)(H,48,49)/t26-,27+,28+,29-,30+,31-,33+,39-,40+,41+,42-/m0/s1. The normalized spacial score (nSPS) is 41.1. The van der Waals surface area contributed by atoms with Crippen molar-refractivity contribution in [2.75, 3.05) is 0 Å². The lowest BCUT2D eigenvalue weighted by Gasteiger charge is -2.72. The van der Waals surface area contributed by atoms with E-state index in [2.05, 4.69) is 53.4 Å². The maximum atomic E-state index is 14.5. The molecule has 5 aliphatic carbocycles. The van der Waals surface area contributed by atoms with Crippen LogP contribution in [-0.4, -0.2) is 46.2 Å². The molecule has 8 nitrogen and oxygen atoms in total. The van der Waals surface area contributed by atoms with Crippen molar-refractivity contribution in [1.29, 1.82) is 0 Å². The first-order chi connectivity index (χ1) is 23.0. The second-order valence-corrected chi connectivity index (χ2v) is 20.0. The summed E-state index contributed by atoms with van der Waals surface area (Å²) in [6.07, 6.45) is 9.53. The van der Waals surface area contributed by atoms with Crippen LogP contribution in [0.4, 0.5) is 0 Å².